The summed E-state index contributed by atoms with van der Waals surface area (Å²) in [5.74, 6) is -2.45. The highest BCUT2D eigenvalue weighted by molar-refractivity contribution is 5.90. The van der Waals surface area contributed by atoms with Crippen molar-refractivity contribution in [1.82, 2.24) is 0 Å². The zero-order valence-electron chi connectivity index (χ0n) is 25.3. The molecule has 0 aliphatic rings. The van der Waals surface area contributed by atoms with Crippen LogP contribution >= 0.6 is 0 Å². The molecule has 7 nitrogen and oxygen atoms in total. The van der Waals surface area contributed by atoms with Crippen molar-refractivity contribution in [3.8, 4) is 0 Å². The summed E-state index contributed by atoms with van der Waals surface area (Å²) in [6, 6.07) is 0. The van der Waals surface area contributed by atoms with Gasteiger partial charge in [-0.15, -0.1) is 0 Å². The summed E-state index contributed by atoms with van der Waals surface area (Å²) >= 11 is 0. The van der Waals surface area contributed by atoms with Gasteiger partial charge in [0, 0.05) is 16.2 Å². The second-order valence-corrected chi connectivity index (χ2v) is 11.0. The quantitative estimate of drug-likeness (QED) is 0.137. The second kappa shape index (κ2) is 16.4. The average Bonchev–Trinajstić information content (AvgIpc) is 2.91. The number of rotatable bonds is 20. The van der Waals surface area contributed by atoms with Gasteiger partial charge < -0.3 is 19.3 Å². The zero-order chi connectivity index (χ0) is 28.8. The molecule has 0 heterocycles. The number of hydrogen-bond acceptors (Lipinski definition) is 7. The Morgan fingerprint density at radius 2 is 0.730 bits per heavy atom. The maximum absolute atomic E-state index is 13.2. The zero-order valence-corrected chi connectivity index (χ0v) is 25.3. The number of hydrogen-bond donors (Lipinski definition) is 1. The van der Waals surface area contributed by atoms with E-state index in [0.717, 1.165) is 57.8 Å². The van der Waals surface area contributed by atoms with Crippen LogP contribution in [-0.4, -0.2) is 48.4 Å². The first-order valence-corrected chi connectivity index (χ1v) is 14.6. The van der Waals surface area contributed by atoms with Crippen LogP contribution in [0.15, 0.2) is 0 Å². The predicted molar refractivity (Wildman–Crippen MR) is 147 cm³/mol. The van der Waals surface area contributed by atoms with Crippen LogP contribution in [0.5, 0.6) is 0 Å². The number of carbonyl (C=O) groups excluding carboxylic acids is 3. The maximum atomic E-state index is 13.2. The van der Waals surface area contributed by atoms with Crippen molar-refractivity contribution in [2.75, 3.05) is 19.8 Å². The molecule has 1 N–H and O–H groups in total. The smallest absolute Gasteiger partial charge is 0.339 e. The standard InChI is InChI=1S/C30H56O7/c1-10-27(11-2,12-3)21-35-24(31)19-30(34,26(33)37-23-29(16-7,17-8)18-9)20-25(32)36-22-28(13-4,14-5)15-6/h34H,10-23H2,1-9H3. The third kappa shape index (κ3) is 10.2. The van der Waals surface area contributed by atoms with E-state index in [1.54, 1.807) is 0 Å². The van der Waals surface area contributed by atoms with E-state index in [1.165, 1.54) is 0 Å². The molecule has 0 spiro atoms. The maximum Gasteiger partial charge on any atom is 0.339 e. The van der Waals surface area contributed by atoms with Gasteiger partial charge in [0.05, 0.1) is 32.7 Å². The largest absolute Gasteiger partial charge is 0.465 e. The third-order valence-corrected chi connectivity index (χ3v) is 9.59. The van der Waals surface area contributed by atoms with E-state index in [-0.39, 0.29) is 36.1 Å². The van der Waals surface area contributed by atoms with Crippen LogP contribution < -0.4 is 0 Å². The van der Waals surface area contributed by atoms with Crippen LogP contribution in [0.3, 0.4) is 0 Å². The third-order valence-electron chi connectivity index (χ3n) is 9.59. The van der Waals surface area contributed by atoms with Crippen molar-refractivity contribution in [3.05, 3.63) is 0 Å². The van der Waals surface area contributed by atoms with Crippen molar-refractivity contribution < 1.29 is 33.7 Å². The van der Waals surface area contributed by atoms with Gasteiger partial charge in [-0.25, -0.2) is 4.79 Å². The summed E-state index contributed by atoms with van der Waals surface area (Å²) in [7, 11) is 0. The fraction of sp³-hybridized carbons (Fsp3) is 0.900. The summed E-state index contributed by atoms with van der Waals surface area (Å²) in [5.41, 5.74) is -2.88. The molecule has 0 radical (unpaired) electrons. The monoisotopic (exact) mass is 528 g/mol. The first kappa shape index (κ1) is 35.4. The molecule has 0 saturated heterocycles. The molecule has 0 rings (SSSR count). The van der Waals surface area contributed by atoms with Crippen LogP contribution in [0.1, 0.15) is 133 Å². The number of esters is 3. The van der Waals surface area contributed by atoms with E-state index in [0.29, 0.717) is 0 Å². The Balaban J connectivity index is 5.71. The fourth-order valence-corrected chi connectivity index (χ4v) is 4.78. The summed E-state index contributed by atoms with van der Waals surface area (Å²) in [6.07, 6.45) is 6.13. The molecule has 0 saturated carbocycles. The highest BCUT2D eigenvalue weighted by Gasteiger charge is 2.45. The van der Waals surface area contributed by atoms with Gasteiger partial charge >= 0.3 is 17.9 Å². The van der Waals surface area contributed by atoms with E-state index in [2.05, 4.69) is 41.5 Å². The van der Waals surface area contributed by atoms with Gasteiger partial charge in [0.2, 0.25) is 0 Å². The minimum absolute atomic E-state index is 0.108. The summed E-state index contributed by atoms with van der Waals surface area (Å²) in [6.45, 7) is 18.9. The molecular formula is C30H56O7. The Hall–Kier alpha value is -1.63. The molecule has 7 heteroatoms. The molecule has 0 unspecified atom stereocenters. The van der Waals surface area contributed by atoms with Crippen molar-refractivity contribution in [3.63, 3.8) is 0 Å². The van der Waals surface area contributed by atoms with Crippen LogP contribution in [0.4, 0.5) is 0 Å². The molecule has 0 aliphatic heterocycles. The molecule has 0 bridgehead atoms. The lowest BCUT2D eigenvalue weighted by Crippen LogP contribution is -2.46. The molecular weight excluding hydrogens is 472 g/mol. The SMILES string of the molecule is CCC(CC)(CC)COC(=O)CC(O)(CC(=O)OCC(CC)(CC)CC)C(=O)OCC(CC)(CC)CC. The van der Waals surface area contributed by atoms with Crippen molar-refractivity contribution >= 4 is 17.9 Å². The van der Waals surface area contributed by atoms with E-state index >= 15 is 0 Å². The Morgan fingerprint density at radius 1 is 0.486 bits per heavy atom. The Bertz CT molecular complexity index is 625. The lowest BCUT2D eigenvalue weighted by atomic mass is 9.80. The molecule has 0 fully saturated rings. The number of aliphatic hydroxyl groups is 1. The van der Waals surface area contributed by atoms with Crippen molar-refractivity contribution in [1.29, 1.82) is 0 Å². The van der Waals surface area contributed by atoms with Gasteiger partial charge in [0.25, 0.3) is 0 Å². The minimum Gasteiger partial charge on any atom is -0.465 e. The first-order chi connectivity index (χ1) is 17.4. The van der Waals surface area contributed by atoms with Gasteiger partial charge in [-0.1, -0.05) is 62.3 Å². The Labute approximate surface area is 226 Å². The van der Waals surface area contributed by atoms with E-state index in [9.17, 15) is 19.5 Å². The van der Waals surface area contributed by atoms with Crippen LogP contribution in [0, 0.1) is 16.2 Å². The molecule has 0 atom stereocenters. The van der Waals surface area contributed by atoms with E-state index in [1.807, 2.05) is 20.8 Å². The predicted octanol–water partition coefficient (Wildman–Crippen LogP) is 6.78. The molecule has 0 aromatic heterocycles. The van der Waals surface area contributed by atoms with Gasteiger partial charge in [-0.05, 0) is 57.8 Å². The van der Waals surface area contributed by atoms with Crippen molar-refractivity contribution in [2.45, 2.75) is 139 Å². The van der Waals surface area contributed by atoms with Gasteiger partial charge in [0.15, 0.2) is 5.60 Å². The summed E-state index contributed by atoms with van der Waals surface area (Å²) in [5, 5.41) is 11.4. The first-order valence-electron chi connectivity index (χ1n) is 14.6. The number of carbonyl (C=O) groups is 3. The summed E-state index contributed by atoms with van der Waals surface area (Å²) < 4.78 is 16.6. The number of ether oxygens (including phenoxy) is 3. The van der Waals surface area contributed by atoms with Crippen LogP contribution in [0.25, 0.3) is 0 Å². The van der Waals surface area contributed by atoms with Gasteiger partial charge in [0.1, 0.15) is 0 Å². The molecule has 0 aromatic carbocycles. The molecule has 0 aromatic rings. The van der Waals surface area contributed by atoms with Crippen molar-refractivity contribution in [2.24, 2.45) is 16.2 Å². The highest BCUT2D eigenvalue weighted by atomic mass is 16.6. The lowest BCUT2D eigenvalue weighted by Gasteiger charge is -2.33. The highest BCUT2D eigenvalue weighted by Crippen LogP contribution is 2.34. The Morgan fingerprint density at radius 3 is 0.973 bits per heavy atom. The normalized spacial score (nSPS) is 12.8. The second-order valence-electron chi connectivity index (χ2n) is 11.0. The topological polar surface area (TPSA) is 99.1 Å². The summed E-state index contributed by atoms with van der Waals surface area (Å²) in [4.78, 5) is 38.8. The van der Waals surface area contributed by atoms with Crippen LogP contribution in [-0.2, 0) is 28.6 Å². The average molecular weight is 529 g/mol. The lowest BCUT2D eigenvalue weighted by molar-refractivity contribution is -0.182. The van der Waals surface area contributed by atoms with E-state index in [4.69, 9.17) is 14.2 Å². The minimum atomic E-state index is -2.35. The fourth-order valence-electron chi connectivity index (χ4n) is 4.78. The molecule has 218 valence electrons. The molecule has 0 aliphatic carbocycles. The Kier molecular flexibility index (Phi) is 15.6. The van der Waals surface area contributed by atoms with Gasteiger partial charge in [-0.3, -0.25) is 9.59 Å². The van der Waals surface area contributed by atoms with E-state index < -0.39 is 36.4 Å². The molecule has 0 amide bonds. The van der Waals surface area contributed by atoms with Crippen LogP contribution in [0.2, 0.25) is 0 Å². The van der Waals surface area contributed by atoms with Gasteiger partial charge in [-0.2, -0.15) is 0 Å². The molecule has 37 heavy (non-hydrogen) atoms.